The van der Waals surface area contributed by atoms with Gasteiger partial charge in [0.25, 0.3) is 0 Å². The van der Waals surface area contributed by atoms with Crippen LogP contribution in [-0.2, 0) is 24.2 Å². The summed E-state index contributed by atoms with van der Waals surface area (Å²) in [5.41, 5.74) is 9.90. The summed E-state index contributed by atoms with van der Waals surface area (Å²) in [7, 11) is 1.91. The number of likely N-dealkylation sites (N-methyl/N-ethyl adjacent to an activating group) is 1. The summed E-state index contributed by atoms with van der Waals surface area (Å²) >= 11 is 0. The van der Waals surface area contributed by atoms with Gasteiger partial charge in [-0.3, -0.25) is 19.6 Å². The summed E-state index contributed by atoms with van der Waals surface area (Å²) in [4.78, 5) is 25.3. The van der Waals surface area contributed by atoms with E-state index in [4.69, 9.17) is 5.73 Å². The SMILES string of the molecule is CN(CC(=O)Nc1ccc(C(N)=O)cc1)Cc1n[nH]c2c1CCCCC2. The number of nitrogens with zero attached hydrogens (tertiary/aromatic N) is 2. The molecular formula is C19H25N5O2. The minimum absolute atomic E-state index is 0.110. The number of aryl methyl sites for hydroxylation is 1. The van der Waals surface area contributed by atoms with E-state index in [1.165, 1.54) is 30.5 Å². The molecule has 138 valence electrons. The highest BCUT2D eigenvalue weighted by atomic mass is 16.2. The molecule has 0 bridgehead atoms. The van der Waals surface area contributed by atoms with Gasteiger partial charge in [-0.1, -0.05) is 6.42 Å². The van der Waals surface area contributed by atoms with Crippen LogP contribution in [0.15, 0.2) is 24.3 Å². The number of aromatic amines is 1. The first-order valence-corrected chi connectivity index (χ1v) is 8.96. The van der Waals surface area contributed by atoms with Crippen LogP contribution in [0.5, 0.6) is 0 Å². The van der Waals surface area contributed by atoms with E-state index < -0.39 is 5.91 Å². The monoisotopic (exact) mass is 355 g/mol. The van der Waals surface area contributed by atoms with Gasteiger partial charge in [0.1, 0.15) is 0 Å². The molecule has 0 atom stereocenters. The molecule has 0 saturated carbocycles. The van der Waals surface area contributed by atoms with Crippen LogP contribution in [0, 0.1) is 0 Å². The number of rotatable bonds is 6. The number of benzene rings is 1. The van der Waals surface area contributed by atoms with Crippen LogP contribution < -0.4 is 11.1 Å². The highest BCUT2D eigenvalue weighted by Gasteiger charge is 2.17. The Morgan fingerprint density at radius 3 is 2.65 bits per heavy atom. The Balaban J connectivity index is 1.54. The topological polar surface area (TPSA) is 104 Å². The minimum Gasteiger partial charge on any atom is -0.366 e. The first-order chi connectivity index (χ1) is 12.5. The fraction of sp³-hybridized carbons (Fsp3) is 0.421. The number of carbonyl (C=O) groups is 2. The van der Waals surface area contributed by atoms with Gasteiger partial charge < -0.3 is 11.1 Å². The molecule has 26 heavy (non-hydrogen) atoms. The summed E-state index contributed by atoms with van der Waals surface area (Å²) in [6, 6.07) is 6.54. The van der Waals surface area contributed by atoms with E-state index in [1.54, 1.807) is 24.3 Å². The number of carbonyl (C=O) groups excluding carboxylic acids is 2. The van der Waals surface area contributed by atoms with Crippen molar-refractivity contribution in [3.05, 3.63) is 46.8 Å². The van der Waals surface area contributed by atoms with Gasteiger partial charge >= 0.3 is 0 Å². The lowest BCUT2D eigenvalue weighted by Gasteiger charge is -2.16. The second kappa shape index (κ2) is 8.14. The van der Waals surface area contributed by atoms with Crippen molar-refractivity contribution in [2.24, 2.45) is 5.73 Å². The second-order valence-corrected chi connectivity index (χ2v) is 6.85. The molecule has 2 amide bonds. The Bertz CT molecular complexity index is 782. The predicted molar refractivity (Wildman–Crippen MR) is 99.8 cm³/mol. The van der Waals surface area contributed by atoms with Gasteiger partial charge in [-0.25, -0.2) is 0 Å². The second-order valence-electron chi connectivity index (χ2n) is 6.85. The summed E-state index contributed by atoms with van der Waals surface area (Å²) < 4.78 is 0. The lowest BCUT2D eigenvalue weighted by molar-refractivity contribution is -0.117. The standard InChI is InChI=1S/C19H25N5O2/c1-24(11-17-15-5-3-2-4-6-16(15)22-23-17)12-18(25)21-14-9-7-13(8-10-14)19(20)26/h7-10H,2-6,11-12H2,1H3,(H2,20,26)(H,21,25)(H,22,23). The predicted octanol–water partition coefficient (Wildman–Crippen LogP) is 1.85. The molecule has 3 rings (SSSR count). The van der Waals surface area contributed by atoms with Crippen molar-refractivity contribution in [1.29, 1.82) is 0 Å². The molecule has 0 saturated heterocycles. The van der Waals surface area contributed by atoms with E-state index in [1.807, 2.05) is 11.9 Å². The van der Waals surface area contributed by atoms with Gasteiger partial charge in [-0.15, -0.1) is 0 Å². The number of nitrogens with two attached hydrogens (primary N) is 1. The van der Waals surface area contributed by atoms with Crippen LogP contribution >= 0.6 is 0 Å². The zero-order valence-corrected chi connectivity index (χ0v) is 15.0. The first kappa shape index (κ1) is 18.1. The van der Waals surface area contributed by atoms with E-state index in [0.717, 1.165) is 18.5 Å². The van der Waals surface area contributed by atoms with Crippen molar-refractivity contribution >= 4 is 17.5 Å². The Morgan fingerprint density at radius 1 is 1.19 bits per heavy atom. The molecule has 0 radical (unpaired) electrons. The van der Waals surface area contributed by atoms with Crippen LogP contribution in [0.25, 0.3) is 0 Å². The lowest BCUT2D eigenvalue weighted by atomic mass is 10.1. The van der Waals surface area contributed by atoms with Crippen LogP contribution in [0.4, 0.5) is 5.69 Å². The van der Waals surface area contributed by atoms with E-state index >= 15 is 0 Å². The number of primary amides is 1. The molecule has 7 nitrogen and oxygen atoms in total. The summed E-state index contributed by atoms with van der Waals surface area (Å²) in [6.45, 7) is 0.902. The maximum Gasteiger partial charge on any atom is 0.248 e. The lowest BCUT2D eigenvalue weighted by Crippen LogP contribution is -2.30. The Morgan fingerprint density at radius 2 is 1.92 bits per heavy atom. The van der Waals surface area contributed by atoms with Crippen molar-refractivity contribution in [1.82, 2.24) is 15.1 Å². The van der Waals surface area contributed by atoms with Gasteiger partial charge in [0.15, 0.2) is 0 Å². The number of H-pyrrole nitrogens is 1. The summed E-state index contributed by atoms with van der Waals surface area (Å²) in [6.07, 6.45) is 5.79. The average molecular weight is 355 g/mol. The molecule has 1 aliphatic carbocycles. The maximum atomic E-state index is 12.2. The van der Waals surface area contributed by atoms with Crippen LogP contribution in [0.1, 0.15) is 46.6 Å². The van der Waals surface area contributed by atoms with E-state index in [9.17, 15) is 9.59 Å². The highest BCUT2D eigenvalue weighted by Crippen LogP contribution is 2.22. The third kappa shape index (κ3) is 4.49. The molecule has 1 aliphatic rings. The van der Waals surface area contributed by atoms with Crippen molar-refractivity contribution < 1.29 is 9.59 Å². The van der Waals surface area contributed by atoms with Crippen molar-refractivity contribution in [3.8, 4) is 0 Å². The number of hydrogen-bond acceptors (Lipinski definition) is 4. The molecule has 4 N–H and O–H groups in total. The van der Waals surface area contributed by atoms with Crippen LogP contribution in [0.3, 0.4) is 0 Å². The molecule has 0 unspecified atom stereocenters. The first-order valence-electron chi connectivity index (χ1n) is 8.96. The molecular weight excluding hydrogens is 330 g/mol. The average Bonchev–Trinajstić information content (AvgIpc) is 2.82. The largest absolute Gasteiger partial charge is 0.366 e. The third-order valence-corrected chi connectivity index (χ3v) is 4.68. The van der Waals surface area contributed by atoms with E-state index in [-0.39, 0.29) is 12.5 Å². The fourth-order valence-corrected chi connectivity index (χ4v) is 3.33. The molecule has 0 fully saturated rings. The maximum absolute atomic E-state index is 12.2. The molecule has 1 aromatic heterocycles. The third-order valence-electron chi connectivity index (χ3n) is 4.68. The van der Waals surface area contributed by atoms with Crippen molar-refractivity contribution in [2.75, 3.05) is 18.9 Å². The van der Waals surface area contributed by atoms with Crippen LogP contribution in [-0.4, -0.2) is 40.5 Å². The summed E-state index contributed by atoms with van der Waals surface area (Å²) in [5.74, 6) is -0.596. The molecule has 1 heterocycles. The van der Waals surface area contributed by atoms with Gasteiger partial charge in [-0.05, 0) is 62.6 Å². The Hall–Kier alpha value is -2.67. The number of aromatic nitrogens is 2. The van der Waals surface area contributed by atoms with Gasteiger partial charge in [0.05, 0.1) is 12.2 Å². The summed E-state index contributed by atoms with van der Waals surface area (Å²) in [5, 5.41) is 10.4. The van der Waals surface area contributed by atoms with Crippen molar-refractivity contribution in [2.45, 2.75) is 38.6 Å². The minimum atomic E-state index is -0.485. The molecule has 0 aliphatic heterocycles. The Kier molecular flexibility index (Phi) is 5.68. The Labute approximate surface area is 153 Å². The van der Waals surface area contributed by atoms with E-state index in [0.29, 0.717) is 17.8 Å². The molecule has 0 spiro atoms. The zero-order valence-electron chi connectivity index (χ0n) is 15.0. The van der Waals surface area contributed by atoms with Crippen molar-refractivity contribution in [3.63, 3.8) is 0 Å². The fourth-order valence-electron chi connectivity index (χ4n) is 3.33. The number of hydrogen-bond donors (Lipinski definition) is 3. The molecule has 7 heteroatoms. The van der Waals surface area contributed by atoms with Crippen LogP contribution in [0.2, 0.25) is 0 Å². The van der Waals surface area contributed by atoms with Gasteiger partial charge in [0.2, 0.25) is 11.8 Å². The smallest absolute Gasteiger partial charge is 0.248 e. The number of anilines is 1. The normalized spacial score (nSPS) is 13.9. The molecule has 1 aromatic carbocycles. The highest BCUT2D eigenvalue weighted by molar-refractivity contribution is 5.95. The quantitative estimate of drug-likeness (QED) is 0.688. The van der Waals surface area contributed by atoms with Gasteiger partial charge in [-0.2, -0.15) is 5.10 Å². The number of nitrogens with one attached hydrogen (secondary N) is 2. The van der Waals surface area contributed by atoms with E-state index in [2.05, 4.69) is 15.5 Å². The van der Waals surface area contributed by atoms with Gasteiger partial charge in [0, 0.05) is 23.5 Å². The zero-order chi connectivity index (χ0) is 18.5. The number of fused-ring (bicyclic) bond motifs is 1. The molecule has 2 aromatic rings. The number of amides is 2.